The van der Waals surface area contributed by atoms with E-state index in [1.54, 1.807) is 0 Å². The second-order valence-corrected chi connectivity index (χ2v) is 9.14. The second-order valence-electron chi connectivity index (χ2n) is 9.14. The monoisotopic (exact) mass is 376 g/mol. The Balaban J connectivity index is 1.30. The number of fused-ring (bicyclic) bond motifs is 2. The maximum Gasteiger partial charge on any atom is 0.0885 e. The van der Waals surface area contributed by atoms with Gasteiger partial charge in [-0.3, -0.25) is 4.90 Å². The number of hydrogen-bond donors (Lipinski definition) is 1. The van der Waals surface area contributed by atoms with Crippen LogP contribution < -0.4 is 5.32 Å². The van der Waals surface area contributed by atoms with E-state index in [0.717, 1.165) is 31.2 Å². The molecule has 3 atom stereocenters. The van der Waals surface area contributed by atoms with Crippen molar-refractivity contribution >= 4 is 5.69 Å². The van der Waals surface area contributed by atoms with E-state index in [1.165, 1.54) is 41.9 Å². The number of nitrogens with one attached hydrogen (secondary N) is 1. The van der Waals surface area contributed by atoms with Gasteiger partial charge in [-0.2, -0.15) is 0 Å². The van der Waals surface area contributed by atoms with Crippen LogP contribution in [0.15, 0.2) is 48.5 Å². The van der Waals surface area contributed by atoms with Gasteiger partial charge in [0.1, 0.15) is 0 Å². The Hall–Kier alpha value is -1.84. The topological polar surface area (TPSA) is 24.5 Å². The Morgan fingerprint density at radius 3 is 2.29 bits per heavy atom. The van der Waals surface area contributed by atoms with Crippen LogP contribution in [0.5, 0.6) is 0 Å². The van der Waals surface area contributed by atoms with Crippen molar-refractivity contribution in [3.8, 4) is 0 Å². The summed E-state index contributed by atoms with van der Waals surface area (Å²) in [7, 11) is 3.92. The average Bonchev–Trinajstić information content (AvgIpc) is 3.02. The van der Waals surface area contributed by atoms with Crippen LogP contribution >= 0.6 is 0 Å². The number of benzene rings is 2. The Morgan fingerprint density at radius 1 is 1.04 bits per heavy atom. The van der Waals surface area contributed by atoms with Crippen molar-refractivity contribution < 1.29 is 4.74 Å². The van der Waals surface area contributed by atoms with E-state index in [0.29, 0.717) is 5.41 Å². The predicted molar refractivity (Wildman–Crippen MR) is 115 cm³/mol. The highest BCUT2D eigenvalue weighted by Crippen LogP contribution is 2.65. The molecule has 1 unspecified atom stereocenters. The summed E-state index contributed by atoms with van der Waals surface area (Å²) in [6.07, 6.45) is 3.34. The van der Waals surface area contributed by atoms with Gasteiger partial charge in [-0.1, -0.05) is 43.3 Å². The molecule has 2 aliphatic carbocycles. The summed E-state index contributed by atoms with van der Waals surface area (Å²) in [6, 6.07) is 17.9. The van der Waals surface area contributed by atoms with E-state index in [2.05, 4.69) is 65.7 Å². The Morgan fingerprint density at radius 2 is 1.71 bits per heavy atom. The lowest BCUT2D eigenvalue weighted by atomic mass is 9.87. The summed E-state index contributed by atoms with van der Waals surface area (Å²) in [6.45, 7) is 5.86. The minimum absolute atomic E-state index is 0.0403. The lowest BCUT2D eigenvalue weighted by molar-refractivity contribution is -0.0276. The Labute approximate surface area is 169 Å². The first-order valence-electron chi connectivity index (χ1n) is 10.8. The summed E-state index contributed by atoms with van der Waals surface area (Å²) in [4.78, 5) is 2.68. The molecular weight excluding hydrogens is 344 g/mol. The first-order chi connectivity index (χ1) is 13.6. The van der Waals surface area contributed by atoms with Gasteiger partial charge in [-0.15, -0.1) is 0 Å². The predicted octanol–water partition coefficient (Wildman–Crippen LogP) is 4.12. The van der Waals surface area contributed by atoms with E-state index in [9.17, 15) is 0 Å². The van der Waals surface area contributed by atoms with Crippen LogP contribution in [0, 0.1) is 11.8 Å². The first-order valence-corrected chi connectivity index (χ1v) is 10.8. The molecule has 3 heteroatoms. The molecule has 2 aromatic carbocycles. The van der Waals surface area contributed by atoms with E-state index in [4.69, 9.17) is 4.74 Å². The summed E-state index contributed by atoms with van der Waals surface area (Å²) >= 11 is 0. The molecule has 0 amide bonds. The largest absolute Gasteiger partial charge is 0.388 e. The van der Waals surface area contributed by atoms with Gasteiger partial charge >= 0.3 is 0 Å². The van der Waals surface area contributed by atoms with E-state index >= 15 is 0 Å². The van der Waals surface area contributed by atoms with Gasteiger partial charge in [0.05, 0.1) is 5.60 Å². The Bertz CT molecular complexity index is 839. The highest BCUT2D eigenvalue weighted by atomic mass is 16.5. The van der Waals surface area contributed by atoms with Crippen LogP contribution in [-0.4, -0.2) is 44.3 Å². The molecule has 5 rings (SSSR count). The van der Waals surface area contributed by atoms with Crippen LogP contribution in [0.1, 0.15) is 30.0 Å². The molecule has 28 heavy (non-hydrogen) atoms. The van der Waals surface area contributed by atoms with Crippen molar-refractivity contribution in [1.82, 2.24) is 4.90 Å². The van der Waals surface area contributed by atoms with Gasteiger partial charge < -0.3 is 10.1 Å². The quantitative estimate of drug-likeness (QED) is 0.821. The normalized spacial score (nSPS) is 30.1. The minimum atomic E-state index is -0.0403. The number of anilines is 1. The third kappa shape index (κ3) is 2.63. The molecule has 148 valence electrons. The molecule has 1 saturated heterocycles. The van der Waals surface area contributed by atoms with E-state index in [1.807, 2.05) is 14.2 Å². The smallest absolute Gasteiger partial charge is 0.0885 e. The molecule has 3 aliphatic rings. The van der Waals surface area contributed by atoms with Crippen molar-refractivity contribution in [3.63, 3.8) is 0 Å². The number of ether oxygens (including phenoxy) is 1. The maximum absolute atomic E-state index is 6.14. The molecule has 0 aromatic heterocycles. The third-order valence-electron chi connectivity index (χ3n) is 7.97. The summed E-state index contributed by atoms with van der Waals surface area (Å²) in [5, 5.41) is 3.31. The lowest BCUT2D eigenvalue weighted by Gasteiger charge is -2.35. The lowest BCUT2D eigenvalue weighted by Crippen LogP contribution is -2.46. The average molecular weight is 377 g/mol. The zero-order chi connectivity index (χ0) is 19.4. The second kappa shape index (κ2) is 6.60. The molecule has 0 radical (unpaired) electrons. The van der Waals surface area contributed by atoms with Crippen LogP contribution in [0.2, 0.25) is 0 Å². The molecule has 3 nitrogen and oxygen atoms in total. The molecule has 1 N–H and O–H groups in total. The van der Waals surface area contributed by atoms with Crippen LogP contribution in [0.25, 0.3) is 0 Å². The fourth-order valence-electron chi connectivity index (χ4n) is 6.45. The number of methoxy groups -OCH3 is 1. The van der Waals surface area contributed by atoms with Crippen molar-refractivity contribution in [3.05, 3.63) is 65.2 Å². The molecule has 1 saturated carbocycles. The molecule has 0 spiro atoms. The highest BCUT2D eigenvalue weighted by Gasteiger charge is 2.67. The SMILES string of the molecule is CCC1(c2cccc(NC)c2)[C@@H]2CN(CC3(OC)Cc4ccccc4C3)C[C@@H]21. The van der Waals surface area contributed by atoms with Gasteiger partial charge in [0.2, 0.25) is 0 Å². The molecule has 1 aliphatic heterocycles. The van der Waals surface area contributed by atoms with Crippen LogP contribution in [0.4, 0.5) is 5.69 Å². The zero-order valence-electron chi connectivity index (χ0n) is 17.4. The van der Waals surface area contributed by atoms with Gasteiger partial charge in [0.25, 0.3) is 0 Å². The minimum Gasteiger partial charge on any atom is -0.388 e. The summed E-state index contributed by atoms with van der Waals surface area (Å²) in [5.74, 6) is 1.59. The molecule has 0 bridgehead atoms. The molecule has 2 fully saturated rings. The van der Waals surface area contributed by atoms with Crippen molar-refractivity contribution in [2.45, 2.75) is 37.2 Å². The number of rotatable bonds is 6. The summed E-state index contributed by atoms with van der Waals surface area (Å²) in [5.41, 5.74) is 6.06. The van der Waals surface area contributed by atoms with E-state index in [-0.39, 0.29) is 5.60 Å². The van der Waals surface area contributed by atoms with Crippen molar-refractivity contribution in [1.29, 1.82) is 0 Å². The maximum atomic E-state index is 6.14. The fourth-order valence-corrected chi connectivity index (χ4v) is 6.45. The third-order valence-corrected chi connectivity index (χ3v) is 7.97. The number of nitrogens with zero attached hydrogens (tertiary/aromatic N) is 1. The highest BCUT2D eigenvalue weighted by molar-refractivity contribution is 5.50. The van der Waals surface area contributed by atoms with Crippen molar-refractivity contribution in [2.75, 3.05) is 39.1 Å². The number of piperidine rings is 1. The molecule has 1 heterocycles. The fraction of sp³-hybridized carbons (Fsp3) is 0.520. The first kappa shape index (κ1) is 18.2. The van der Waals surface area contributed by atoms with Gasteiger partial charge in [-0.05, 0) is 47.1 Å². The van der Waals surface area contributed by atoms with Gasteiger partial charge in [0.15, 0.2) is 0 Å². The van der Waals surface area contributed by atoms with Crippen LogP contribution in [0.3, 0.4) is 0 Å². The number of hydrogen-bond acceptors (Lipinski definition) is 3. The van der Waals surface area contributed by atoms with E-state index < -0.39 is 0 Å². The van der Waals surface area contributed by atoms with Gasteiger partial charge in [0, 0.05) is 57.7 Å². The standard InChI is InChI=1S/C25H32N2O/c1-4-25(20-10-7-11-21(12-20)26-2)22-15-27(16-23(22)25)17-24(28-3)13-18-8-5-6-9-19(18)14-24/h5-12,22-23,26H,4,13-17H2,1-3H3/t22-,23+,25?. The molecular formula is C25H32N2O. The van der Waals surface area contributed by atoms with Gasteiger partial charge in [-0.25, -0.2) is 0 Å². The Kier molecular flexibility index (Phi) is 4.29. The summed E-state index contributed by atoms with van der Waals surface area (Å²) < 4.78 is 6.14. The van der Waals surface area contributed by atoms with Crippen LogP contribution in [-0.2, 0) is 23.0 Å². The molecule has 2 aromatic rings. The zero-order valence-corrected chi connectivity index (χ0v) is 17.4. The number of likely N-dealkylation sites (tertiary alicyclic amines) is 1. The van der Waals surface area contributed by atoms with Crippen molar-refractivity contribution in [2.24, 2.45) is 11.8 Å².